The molecule has 0 fully saturated rings. The Morgan fingerprint density at radius 2 is 2.17 bits per heavy atom. The Morgan fingerprint density at radius 3 is 2.61 bits per heavy atom. The van der Waals surface area contributed by atoms with Crippen LogP contribution in [0.15, 0.2) is 18.2 Å². The molecule has 0 aliphatic carbocycles. The lowest BCUT2D eigenvalue weighted by molar-refractivity contribution is -0.385. The molecule has 6 nitrogen and oxygen atoms in total. The molecular formula is C12H15NO5. The van der Waals surface area contributed by atoms with Crippen molar-refractivity contribution in [3.63, 3.8) is 0 Å². The maximum atomic E-state index is 11.1. The maximum Gasteiger partial charge on any atom is 0.347 e. The first-order valence-corrected chi connectivity index (χ1v) is 5.48. The Labute approximate surface area is 104 Å². The van der Waals surface area contributed by atoms with Crippen LogP contribution in [0.3, 0.4) is 0 Å². The van der Waals surface area contributed by atoms with Gasteiger partial charge in [-0.1, -0.05) is 13.0 Å². The van der Waals surface area contributed by atoms with Crippen molar-refractivity contribution < 1.29 is 19.6 Å². The molecule has 1 atom stereocenters. The fraction of sp³-hybridized carbons (Fsp3) is 0.417. The summed E-state index contributed by atoms with van der Waals surface area (Å²) in [5, 5.41) is 19.9. The van der Waals surface area contributed by atoms with E-state index in [2.05, 4.69) is 0 Å². The van der Waals surface area contributed by atoms with Gasteiger partial charge in [-0.2, -0.15) is 0 Å². The lowest BCUT2D eigenvalue weighted by Crippen LogP contribution is -2.40. The molecule has 0 radical (unpaired) electrons. The van der Waals surface area contributed by atoms with Gasteiger partial charge in [0.25, 0.3) is 5.69 Å². The molecule has 98 valence electrons. The molecule has 1 aromatic carbocycles. The standard InChI is InChI=1S/C12H15NO5/c1-4-12(3,11(14)15)18-10-7-5-6-9(8(10)2)13(16)17/h5-7H,4H2,1-3H3,(H,14,15). The molecular weight excluding hydrogens is 238 g/mol. The molecule has 1 rings (SSSR count). The molecule has 18 heavy (non-hydrogen) atoms. The number of carboxylic acid groups (broad SMARTS) is 1. The van der Waals surface area contributed by atoms with Gasteiger partial charge in [0.2, 0.25) is 5.60 Å². The summed E-state index contributed by atoms with van der Waals surface area (Å²) in [5.74, 6) is -0.883. The van der Waals surface area contributed by atoms with E-state index in [1.165, 1.54) is 32.0 Å². The molecule has 0 saturated heterocycles. The predicted molar refractivity (Wildman–Crippen MR) is 64.8 cm³/mol. The van der Waals surface area contributed by atoms with Crippen molar-refractivity contribution in [3.05, 3.63) is 33.9 Å². The van der Waals surface area contributed by atoms with Crippen molar-refractivity contribution in [2.45, 2.75) is 32.8 Å². The minimum atomic E-state index is -1.39. The van der Waals surface area contributed by atoms with E-state index in [1.54, 1.807) is 6.92 Å². The molecule has 1 N–H and O–H groups in total. The lowest BCUT2D eigenvalue weighted by Gasteiger charge is -2.25. The molecule has 1 aromatic rings. The molecule has 0 aromatic heterocycles. The summed E-state index contributed by atoms with van der Waals surface area (Å²) in [6, 6.07) is 4.35. The Kier molecular flexibility index (Phi) is 3.90. The van der Waals surface area contributed by atoms with Gasteiger partial charge in [0, 0.05) is 6.07 Å². The summed E-state index contributed by atoms with van der Waals surface area (Å²) < 4.78 is 5.43. The minimum absolute atomic E-state index is 0.0867. The minimum Gasteiger partial charge on any atom is -0.478 e. The zero-order valence-electron chi connectivity index (χ0n) is 10.5. The van der Waals surface area contributed by atoms with Gasteiger partial charge in [0.05, 0.1) is 10.5 Å². The quantitative estimate of drug-likeness (QED) is 0.643. The van der Waals surface area contributed by atoms with E-state index in [4.69, 9.17) is 9.84 Å². The predicted octanol–water partition coefficient (Wildman–Crippen LogP) is 2.54. The van der Waals surface area contributed by atoms with Gasteiger partial charge in [-0.25, -0.2) is 4.79 Å². The second-order valence-corrected chi connectivity index (χ2v) is 4.15. The first-order valence-electron chi connectivity index (χ1n) is 5.48. The van der Waals surface area contributed by atoms with Gasteiger partial charge in [-0.3, -0.25) is 10.1 Å². The van der Waals surface area contributed by atoms with Gasteiger partial charge in [0.1, 0.15) is 5.75 Å². The van der Waals surface area contributed by atoms with Crippen LogP contribution in [0.5, 0.6) is 5.75 Å². The zero-order valence-corrected chi connectivity index (χ0v) is 10.5. The first kappa shape index (κ1) is 14.0. The first-order chi connectivity index (χ1) is 8.31. The number of rotatable bonds is 5. The van der Waals surface area contributed by atoms with Crippen molar-refractivity contribution in [2.75, 3.05) is 0 Å². The van der Waals surface area contributed by atoms with Gasteiger partial charge < -0.3 is 9.84 Å². The Balaban J connectivity index is 3.16. The van der Waals surface area contributed by atoms with Crippen molar-refractivity contribution in [2.24, 2.45) is 0 Å². The molecule has 0 aliphatic rings. The van der Waals surface area contributed by atoms with Crippen LogP contribution >= 0.6 is 0 Å². The molecule has 0 heterocycles. The van der Waals surface area contributed by atoms with Gasteiger partial charge >= 0.3 is 5.97 Å². The van der Waals surface area contributed by atoms with Crippen LogP contribution in [-0.2, 0) is 4.79 Å². The fourth-order valence-corrected chi connectivity index (χ4v) is 1.42. The molecule has 0 bridgehead atoms. The summed E-state index contributed by atoms with van der Waals surface area (Å²) in [5.41, 5.74) is -1.15. The third-order valence-corrected chi connectivity index (χ3v) is 2.91. The highest BCUT2D eigenvalue weighted by molar-refractivity contribution is 5.77. The highest BCUT2D eigenvalue weighted by Crippen LogP contribution is 2.30. The van der Waals surface area contributed by atoms with Crippen LogP contribution in [-0.4, -0.2) is 21.6 Å². The summed E-state index contributed by atoms with van der Waals surface area (Å²) in [7, 11) is 0. The third kappa shape index (κ3) is 2.58. The molecule has 6 heteroatoms. The van der Waals surface area contributed by atoms with Gasteiger partial charge in [-0.15, -0.1) is 0 Å². The SMILES string of the molecule is CCC(C)(Oc1cccc([N+](=O)[O-])c1C)C(=O)O. The fourth-order valence-electron chi connectivity index (χ4n) is 1.42. The molecule has 0 saturated carbocycles. The van der Waals surface area contributed by atoms with Crippen LogP contribution in [0.2, 0.25) is 0 Å². The van der Waals surface area contributed by atoms with Crippen molar-refractivity contribution >= 4 is 11.7 Å². The number of hydrogen-bond donors (Lipinski definition) is 1. The van der Waals surface area contributed by atoms with Crippen LogP contribution < -0.4 is 4.74 Å². The molecule has 0 amide bonds. The number of hydrogen-bond acceptors (Lipinski definition) is 4. The second-order valence-electron chi connectivity index (χ2n) is 4.15. The average molecular weight is 253 g/mol. The van der Waals surface area contributed by atoms with Gasteiger partial charge in [0.15, 0.2) is 0 Å². The number of aliphatic carboxylic acids is 1. The van der Waals surface area contributed by atoms with E-state index >= 15 is 0 Å². The van der Waals surface area contributed by atoms with Crippen LogP contribution in [0.25, 0.3) is 0 Å². The number of nitro groups is 1. The van der Waals surface area contributed by atoms with Crippen LogP contribution in [0.1, 0.15) is 25.8 Å². The number of benzene rings is 1. The molecule has 1 unspecified atom stereocenters. The number of ether oxygens (including phenoxy) is 1. The lowest BCUT2D eigenvalue weighted by atomic mass is 10.0. The monoisotopic (exact) mass is 253 g/mol. The average Bonchev–Trinajstić information content (AvgIpc) is 2.31. The summed E-state index contributed by atoms with van der Waals surface area (Å²) >= 11 is 0. The highest BCUT2D eigenvalue weighted by Gasteiger charge is 2.34. The van der Waals surface area contributed by atoms with E-state index in [0.717, 1.165) is 0 Å². The summed E-state index contributed by atoms with van der Waals surface area (Å²) in [6.45, 7) is 4.65. The van der Waals surface area contributed by atoms with Gasteiger partial charge in [-0.05, 0) is 26.3 Å². The van der Waals surface area contributed by atoms with Crippen molar-refractivity contribution in [3.8, 4) is 5.75 Å². The van der Waals surface area contributed by atoms with Crippen molar-refractivity contribution in [1.29, 1.82) is 0 Å². The Hall–Kier alpha value is -2.11. The summed E-state index contributed by atoms with van der Waals surface area (Å²) in [4.78, 5) is 21.4. The third-order valence-electron chi connectivity index (χ3n) is 2.91. The van der Waals surface area contributed by atoms with E-state index < -0.39 is 16.5 Å². The second kappa shape index (κ2) is 5.03. The molecule has 0 spiro atoms. The van der Waals surface area contributed by atoms with E-state index in [9.17, 15) is 14.9 Å². The number of nitrogens with zero attached hydrogens (tertiary/aromatic N) is 1. The highest BCUT2D eigenvalue weighted by atomic mass is 16.6. The summed E-state index contributed by atoms with van der Waals surface area (Å²) in [6.07, 6.45) is 0.254. The topological polar surface area (TPSA) is 89.7 Å². The van der Waals surface area contributed by atoms with E-state index in [0.29, 0.717) is 5.56 Å². The normalized spacial score (nSPS) is 13.7. The number of nitro benzene ring substituents is 1. The Morgan fingerprint density at radius 1 is 1.56 bits per heavy atom. The van der Waals surface area contributed by atoms with Crippen LogP contribution in [0, 0.1) is 17.0 Å². The maximum absolute atomic E-state index is 11.1. The van der Waals surface area contributed by atoms with Crippen molar-refractivity contribution in [1.82, 2.24) is 0 Å². The van der Waals surface area contributed by atoms with E-state index in [1.807, 2.05) is 0 Å². The zero-order chi connectivity index (χ0) is 13.9. The number of carboxylic acids is 1. The molecule has 0 aliphatic heterocycles. The van der Waals surface area contributed by atoms with Crippen LogP contribution in [0.4, 0.5) is 5.69 Å². The Bertz CT molecular complexity index is 485. The number of carbonyl (C=O) groups is 1. The van der Waals surface area contributed by atoms with E-state index in [-0.39, 0.29) is 17.9 Å². The smallest absolute Gasteiger partial charge is 0.347 e. The largest absolute Gasteiger partial charge is 0.478 e.